The van der Waals surface area contributed by atoms with Gasteiger partial charge in [0.1, 0.15) is 0 Å². The van der Waals surface area contributed by atoms with E-state index in [0.717, 1.165) is 22.4 Å². The number of benzene rings is 3. The number of hydrogen-bond acceptors (Lipinski definition) is 1. The average Bonchev–Trinajstić information content (AvgIpc) is 2.90. The Morgan fingerprint density at radius 1 is 0.840 bits per heavy atom. The molecule has 0 saturated heterocycles. The molecular weight excluding hydrogens is 330 g/mol. The molecule has 3 aromatic carbocycles. The number of amides is 1. The Bertz CT molecular complexity index is 963. The highest BCUT2D eigenvalue weighted by molar-refractivity contribution is 6.36. The number of carbonyl (C=O) groups excluding carboxylic acids is 1. The molecule has 0 N–H and O–H groups in total. The second-order valence-corrected chi connectivity index (χ2v) is 6.38. The molecule has 122 valence electrons. The van der Waals surface area contributed by atoms with Gasteiger partial charge in [0.05, 0.1) is 12.2 Å². The van der Waals surface area contributed by atoms with E-state index in [1.54, 1.807) is 4.90 Å². The first-order valence-electron chi connectivity index (χ1n) is 8.15. The number of anilines is 1. The van der Waals surface area contributed by atoms with Gasteiger partial charge >= 0.3 is 0 Å². The van der Waals surface area contributed by atoms with Crippen molar-refractivity contribution in [3.05, 3.63) is 101 Å². The van der Waals surface area contributed by atoms with E-state index in [2.05, 4.69) is 0 Å². The maximum absolute atomic E-state index is 13.1. The SMILES string of the molecule is O=C1C(=Cc2ccccc2)c2ccccc2N1Cc1ccccc1Cl. The lowest BCUT2D eigenvalue weighted by atomic mass is 10.0. The lowest BCUT2D eigenvalue weighted by molar-refractivity contribution is -0.113. The Morgan fingerprint density at radius 3 is 2.32 bits per heavy atom. The van der Waals surface area contributed by atoms with E-state index < -0.39 is 0 Å². The summed E-state index contributed by atoms with van der Waals surface area (Å²) in [4.78, 5) is 14.9. The second-order valence-electron chi connectivity index (χ2n) is 5.97. The Balaban J connectivity index is 1.77. The molecule has 0 saturated carbocycles. The topological polar surface area (TPSA) is 20.3 Å². The van der Waals surface area contributed by atoms with Crippen molar-refractivity contribution >= 4 is 34.8 Å². The fourth-order valence-electron chi connectivity index (χ4n) is 3.12. The molecular formula is C22H16ClNO. The van der Waals surface area contributed by atoms with Crippen molar-refractivity contribution in [2.75, 3.05) is 4.90 Å². The average molecular weight is 346 g/mol. The van der Waals surface area contributed by atoms with Gasteiger partial charge in [-0.15, -0.1) is 0 Å². The summed E-state index contributed by atoms with van der Waals surface area (Å²) in [6, 6.07) is 25.4. The maximum atomic E-state index is 13.1. The van der Waals surface area contributed by atoms with Crippen LogP contribution < -0.4 is 4.90 Å². The molecule has 1 aliphatic rings. The van der Waals surface area contributed by atoms with E-state index in [1.807, 2.05) is 84.9 Å². The Morgan fingerprint density at radius 2 is 1.52 bits per heavy atom. The zero-order chi connectivity index (χ0) is 17.2. The first-order chi connectivity index (χ1) is 12.2. The number of carbonyl (C=O) groups is 1. The first-order valence-corrected chi connectivity index (χ1v) is 8.53. The van der Waals surface area contributed by atoms with Gasteiger partial charge in [-0.05, 0) is 29.3 Å². The highest BCUT2D eigenvalue weighted by Gasteiger charge is 2.32. The molecule has 0 unspecified atom stereocenters. The Labute approximate surface area is 152 Å². The van der Waals surface area contributed by atoms with Crippen LogP contribution >= 0.6 is 11.6 Å². The van der Waals surface area contributed by atoms with Crippen molar-refractivity contribution in [1.82, 2.24) is 0 Å². The molecule has 0 fully saturated rings. The molecule has 1 aliphatic heterocycles. The summed E-state index contributed by atoms with van der Waals surface area (Å²) in [5, 5.41) is 0.674. The van der Waals surface area contributed by atoms with Crippen molar-refractivity contribution in [2.24, 2.45) is 0 Å². The summed E-state index contributed by atoms with van der Waals surface area (Å²) in [6.45, 7) is 0.460. The summed E-state index contributed by atoms with van der Waals surface area (Å²) in [5.41, 5.74) is 4.56. The lowest BCUT2D eigenvalue weighted by Gasteiger charge is -2.18. The quantitative estimate of drug-likeness (QED) is 0.580. The zero-order valence-electron chi connectivity index (χ0n) is 13.5. The summed E-state index contributed by atoms with van der Waals surface area (Å²) < 4.78 is 0. The molecule has 2 nitrogen and oxygen atoms in total. The number of nitrogens with zero attached hydrogens (tertiary/aromatic N) is 1. The van der Waals surface area contributed by atoms with E-state index in [0.29, 0.717) is 17.1 Å². The maximum Gasteiger partial charge on any atom is 0.259 e. The van der Waals surface area contributed by atoms with Gasteiger partial charge in [-0.3, -0.25) is 4.79 Å². The van der Waals surface area contributed by atoms with Gasteiger partial charge in [0, 0.05) is 16.2 Å². The predicted octanol–water partition coefficient (Wildman–Crippen LogP) is 5.43. The zero-order valence-corrected chi connectivity index (χ0v) is 14.3. The van der Waals surface area contributed by atoms with Crippen LogP contribution in [0.25, 0.3) is 11.6 Å². The fraction of sp³-hybridized carbons (Fsp3) is 0.0455. The summed E-state index contributed by atoms with van der Waals surface area (Å²) in [7, 11) is 0. The van der Waals surface area contributed by atoms with Gasteiger partial charge < -0.3 is 4.90 Å². The predicted molar refractivity (Wildman–Crippen MR) is 103 cm³/mol. The molecule has 0 radical (unpaired) electrons. The van der Waals surface area contributed by atoms with Crippen molar-refractivity contribution in [2.45, 2.75) is 6.54 Å². The first kappa shape index (κ1) is 15.7. The third-order valence-electron chi connectivity index (χ3n) is 4.36. The smallest absolute Gasteiger partial charge is 0.259 e. The minimum Gasteiger partial charge on any atom is -0.303 e. The van der Waals surface area contributed by atoms with E-state index in [1.165, 1.54) is 0 Å². The van der Waals surface area contributed by atoms with Gasteiger partial charge in [0.25, 0.3) is 5.91 Å². The number of fused-ring (bicyclic) bond motifs is 1. The molecule has 0 bridgehead atoms. The Kier molecular flexibility index (Phi) is 4.12. The van der Waals surface area contributed by atoms with Crippen LogP contribution in [-0.2, 0) is 11.3 Å². The van der Waals surface area contributed by atoms with Crippen LogP contribution in [0.4, 0.5) is 5.69 Å². The van der Waals surface area contributed by atoms with Gasteiger partial charge in [0.15, 0.2) is 0 Å². The molecule has 1 heterocycles. The largest absolute Gasteiger partial charge is 0.303 e. The molecule has 3 heteroatoms. The second kappa shape index (κ2) is 6.58. The van der Waals surface area contributed by atoms with Crippen LogP contribution in [0.2, 0.25) is 5.02 Å². The molecule has 0 aromatic heterocycles. The number of halogens is 1. The highest BCUT2D eigenvalue weighted by Crippen LogP contribution is 2.39. The minimum absolute atomic E-state index is 0.00460. The third-order valence-corrected chi connectivity index (χ3v) is 4.73. The van der Waals surface area contributed by atoms with Crippen LogP contribution in [0.15, 0.2) is 78.9 Å². The molecule has 0 aliphatic carbocycles. The van der Waals surface area contributed by atoms with Crippen molar-refractivity contribution < 1.29 is 4.79 Å². The highest BCUT2D eigenvalue weighted by atomic mass is 35.5. The molecule has 25 heavy (non-hydrogen) atoms. The van der Waals surface area contributed by atoms with E-state index in [4.69, 9.17) is 11.6 Å². The summed E-state index contributed by atoms with van der Waals surface area (Å²) >= 11 is 6.29. The van der Waals surface area contributed by atoms with Crippen molar-refractivity contribution in [3.63, 3.8) is 0 Å². The van der Waals surface area contributed by atoms with Crippen molar-refractivity contribution in [3.8, 4) is 0 Å². The normalized spacial score (nSPS) is 14.8. The van der Waals surface area contributed by atoms with Crippen LogP contribution in [0, 0.1) is 0 Å². The molecule has 3 aromatic rings. The molecule has 0 atom stereocenters. The van der Waals surface area contributed by atoms with Crippen LogP contribution in [0.1, 0.15) is 16.7 Å². The van der Waals surface area contributed by atoms with Crippen LogP contribution in [0.5, 0.6) is 0 Å². The van der Waals surface area contributed by atoms with E-state index in [-0.39, 0.29) is 5.91 Å². The summed E-state index contributed by atoms with van der Waals surface area (Å²) in [6.07, 6.45) is 1.95. The van der Waals surface area contributed by atoms with Crippen LogP contribution in [0.3, 0.4) is 0 Å². The molecule has 1 amide bonds. The minimum atomic E-state index is 0.00460. The monoisotopic (exact) mass is 345 g/mol. The van der Waals surface area contributed by atoms with E-state index in [9.17, 15) is 4.79 Å². The third kappa shape index (κ3) is 2.97. The summed E-state index contributed by atoms with van der Waals surface area (Å²) in [5.74, 6) is 0.00460. The van der Waals surface area contributed by atoms with Crippen LogP contribution in [-0.4, -0.2) is 5.91 Å². The van der Waals surface area contributed by atoms with Gasteiger partial charge in [-0.2, -0.15) is 0 Å². The number of hydrogen-bond donors (Lipinski definition) is 0. The number of rotatable bonds is 3. The Hall–Kier alpha value is -2.84. The molecule has 4 rings (SSSR count). The fourth-order valence-corrected chi connectivity index (χ4v) is 3.31. The van der Waals surface area contributed by atoms with Gasteiger partial charge in [-0.25, -0.2) is 0 Å². The standard InChI is InChI=1S/C22H16ClNO/c23-20-12-6-4-10-17(20)15-24-21-13-7-5-11-18(21)19(22(24)25)14-16-8-2-1-3-9-16/h1-14H,15H2. The van der Waals surface area contributed by atoms with Crippen molar-refractivity contribution in [1.29, 1.82) is 0 Å². The lowest BCUT2D eigenvalue weighted by Crippen LogP contribution is -2.25. The van der Waals surface area contributed by atoms with Gasteiger partial charge in [-0.1, -0.05) is 78.3 Å². The number of para-hydroxylation sites is 1. The molecule has 0 spiro atoms. The van der Waals surface area contributed by atoms with E-state index >= 15 is 0 Å². The van der Waals surface area contributed by atoms with Gasteiger partial charge in [0.2, 0.25) is 0 Å².